The van der Waals surface area contributed by atoms with Crippen LogP contribution in [0.25, 0.3) is 0 Å². The monoisotopic (exact) mass is 308 g/mol. The summed E-state index contributed by atoms with van der Waals surface area (Å²) in [5, 5.41) is 0. The van der Waals surface area contributed by atoms with Crippen LogP contribution < -0.4 is 4.90 Å². The van der Waals surface area contributed by atoms with Gasteiger partial charge in [0.1, 0.15) is 0 Å². The number of benzene rings is 2. The minimum atomic E-state index is 0.236. The largest absolute Gasteiger partial charge is 0.369 e. The molecule has 1 fully saturated rings. The van der Waals surface area contributed by atoms with E-state index in [-0.39, 0.29) is 5.41 Å². The van der Waals surface area contributed by atoms with E-state index >= 15 is 0 Å². The first kappa shape index (κ1) is 16.1. The molecule has 1 aliphatic rings. The Bertz CT molecular complexity index is 603. The molecule has 0 N–H and O–H groups in total. The molecule has 3 rings (SSSR count). The first-order valence-corrected chi connectivity index (χ1v) is 8.64. The van der Waals surface area contributed by atoms with E-state index in [0.29, 0.717) is 0 Å². The molecule has 2 heteroatoms. The zero-order valence-corrected chi connectivity index (χ0v) is 14.6. The molecule has 1 heterocycles. The first-order chi connectivity index (χ1) is 11.0. The zero-order valence-electron chi connectivity index (χ0n) is 14.6. The summed E-state index contributed by atoms with van der Waals surface area (Å²) in [6.07, 6.45) is 0. The first-order valence-electron chi connectivity index (χ1n) is 8.64. The maximum Gasteiger partial charge on any atom is 0.0367 e. The molecule has 2 nitrogen and oxygen atoms in total. The summed E-state index contributed by atoms with van der Waals surface area (Å²) in [5.41, 5.74) is 4.42. The molecule has 0 saturated carbocycles. The van der Waals surface area contributed by atoms with Crippen molar-refractivity contribution < 1.29 is 0 Å². The highest BCUT2D eigenvalue weighted by atomic mass is 15.3. The second kappa shape index (κ2) is 6.76. The van der Waals surface area contributed by atoms with Gasteiger partial charge in [-0.15, -0.1) is 0 Å². The van der Waals surface area contributed by atoms with Crippen LogP contribution in [0, 0.1) is 0 Å². The van der Waals surface area contributed by atoms with Gasteiger partial charge in [0.15, 0.2) is 0 Å². The van der Waals surface area contributed by atoms with E-state index in [2.05, 4.69) is 85.2 Å². The van der Waals surface area contributed by atoms with Gasteiger partial charge in [0.2, 0.25) is 0 Å². The minimum absolute atomic E-state index is 0.236. The maximum absolute atomic E-state index is 2.56. The molecule has 0 atom stereocenters. The molecule has 0 bridgehead atoms. The van der Waals surface area contributed by atoms with Crippen LogP contribution in [0.2, 0.25) is 0 Å². The summed E-state index contributed by atoms with van der Waals surface area (Å²) < 4.78 is 0. The smallest absolute Gasteiger partial charge is 0.0367 e. The van der Waals surface area contributed by atoms with Crippen molar-refractivity contribution in [3.63, 3.8) is 0 Å². The van der Waals surface area contributed by atoms with E-state index in [0.717, 1.165) is 32.7 Å². The molecule has 1 aliphatic heterocycles. The van der Waals surface area contributed by atoms with Crippen molar-refractivity contribution >= 4 is 5.69 Å². The molecule has 1 saturated heterocycles. The van der Waals surface area contributed by atoms with Gasteiger partial charge in [0, 0.05) is 38.4 Å². The van der Waals surface area contributed by atoms with Gasteiger partial charge in [-0.25, -0.2) is 0 Å². The van der Waals surface area contributed by atoms with Crippen LogP contribution in [-0.2, 0) is 12.0 Å². The lowest BCUT2D eigenvalue weighted by atomic mass is 9.87. The quantitative estimate of drug-likeness (QED) is 0.834. The topological polar surface area (TPSA) is 6.48 Å². The fourth-order valence-corrected chi connectivity index (χ4v) is 3.17. The third kappa shape index (κ3) is 4.14. The third-order valence-electron chi connectivity index (χ3n) is 4.72. The Hall–Kier alpha value is -1.80. The predicted molar refractivity (Wildman–Crippen MR) is 99.1 cm³/mol. The summed E-state index contributed by atoms with van der Waals surface area (Å²) in [5.74, 6) is 0. The number of nitrogens with zero attached hydrogens (tertiary/aromatic N) is 2. The van der Waals surface area contributed by atoms with Crippen molar-refractivity contribution in [1.82, 2.24) is 4.90 Å². The van der Waals surface area contributed by atoms with Crippen molar-refractivity contribution in [3.05, 3.63) is 65.7 Å². The lowest BCUT2D eigenvalue weighted by Crippen LogP contribution is -2.45. The molecular weight excluding hydrogens is 280 g/mol. The Balaban J connectivity index is 1.55. The number of para-hydroxylation sites is 1. The fraction of sp³-hybridized carbons (Fsp3) is 0.429. The Labute approximate surface area is 140 Å². The summed E-state index contributed by atoms with van der Waals surface area (Å²) in [4.78, 5) is 5.05. The number of piperazine rings is 1. The van der Waals surface area contributed by atoms with Crippen LogP contribution in [-0.4, -0.2) is 31.1 Å². The van der Waals surface area contributed by atoms with Crippen molar-refractivity contribution in [2.75, 3.05) is 31.1 Å². The number of hydrogen-bond acceptors (Lipinski definition) is 2. The minimum Gasteiger partial charge on any atom is -0.369 e. The zero-order chi connectivity index (χ0) is 16.3. The van der Waals surface area contributed by atoms with E-state index in [4.69, 9.17) is 0 Å². The van der Waals surface area contributed by atoms with Crippen molar-refractivity contribution in [2.24, 2.45) is 0 Å². The highest BCUT2D eigenvalue weighted by molar-refractivity contribution is 5.46. The third-order valence-corrected chi connectivity index (χ3v) is 4.72. The molecule has 0 aromatic heterocycles. The fourth-order valence-electron chi connectivity index (χ4n) is 3.17. The van der Waals surface area contributed by atoms with E-state index in [1.165, 1.54) is 16.8 Å². The van der Waals surface area contributed by atoms with Crippen LogP contribution in [0.1, 0.15) is 31.9 Å². The Morgan fingerprint density at radius 2 is 1.39 bits per heavy atom. The van der Waals surface area contributed by atoms with Gasteiger partial charge >= 0.3 is 0 Å². The molecule has 2 aromatic rings. The highest BCUT2D eigenvalue weighted by Gasteiger charge is 2.18. The van der Waals surface area contributed by atoms with Crippen LogP contribution in [0.5, 0.6) is 0 Å². The molecule has 0 spiro atoms. The van der Waals surface area contributed by atoms with Crippen LogP contribution in [0.4, 0.5) is 5.69 Å². The van der Waals surface area contributed by atoms with E-state index in [1.807, 2.05) is 0 Å². The summed E-state index contributed by atoms with van der Waals surface area (Å²) in [6, 6.07) is 19.9. The van der Waals surface area contributed by atoms with Gasteiger partial charge in [-0.3, -0.25) is 4.90 Å². The summed E-state index contributed by atoms with van der Waals surface area (Å²) in [6.45, 7) is 12.4. The van der Waals surface area contributed by atoms with Gasteiger partial charge in [-0.05, 0) is 28.7 Å². The predicted octanol–water partition coefficient (Wildman–Crippen LogP) is 4.31. The standard InChI is InChI=1S/C21H28N2/c1-21(2,3)19-11-9-18(10-12-19)17-22-13-15-23(16-14-22)20-7-5-4-6-8-20/h4-12H,13-17H2,1-3H3. The second-order valence-corrected chi connectivity index (χ2v) is 7.55. The lowest BCUT2D eigenvalue weighted by molar-refractivity contribution is 0.250. The molecule has 0 aliphatic carbocycles. The van der Waals surface area contributed by atoms with Crippen LogP contribution >= 0.6 is 0 Å². The molecule has 0 amide bonds. The SMILES string of the molecule is CC(C)(C)c1ccc(CN2CCN(c3ccccc3)CC2)cc1. The van der Waals surface area contributed by atoms with Crippen molar-refractivity contribution in [2.45, 2.75) is 32.7 Å². The molecular formula is C21H28N2. The average molecular weight is 308 g/mol. The molecule has 0 radical (unpaired) electrons. The van der Waals surface area contributed by atoms with Gasteiger partial charge in [-0.2, -0.15) is 0 Å². The normalized spacial score (nSPS) is 16.6. The van der Waals surface area contributed by atoms with Gasteiger partial charge in [0.25, 0.3) is 0 Å². The van der Waals surface area contributed by atoms with Gasteiger partial charge in [-0.1, -0.05) is 63.2 Å². The Kier molecular flexibility index (Phi) is 4.72. The molecule has 0 unspecified atom stereocenters. The molecule has 23 heavy (non-hydrogen) atoms. The van der Waals surface area contributed by atoms with Crippen molar-refractivity contribution in [1.29, 1.82) is 0 Å². The lowest BCUT2D eigenvalue weighted by Gasteiger charge is -2.36. The molecule has 2 aromatic carbocycles. The van der Waals surface area contributed by atoms with E-state index in [1.54, 1.807) is 0 Å². The maximum atomic E-state index is 2.56. The summed E-state index contributed by atoms with van der Waals surface area (Å²) in [7, 11) is 0. The number of rotatable bonds is 3. The van der Waals surface area contributed by atoms with Gasteiger partial charge < -0.3 is 4.90 Å². The molecule has 122 valence electrons. The van der Waals surface area contributed by atoms with Gasteiger partial charge in [0.05, 0.1) is 0 Å². The number of hydrogen-bond donors (Lipinski definition) is 0. The second-order valence-electron chi connectivity index (χ2n) is 7.55. The van der Waals surface area contributed by atoms with E-state index in [9.17, 15) is 0 Å². The van der Waals surface area contributed by atoms with E-state index < -0.39 is 0 Å². The Morgan fingerprint density at radius 3 is 1.96 bits per heavy atom. The van der Waals surface area contributed by atoms with Crippen LogP contribution in [0.15, 0.2) is 54.6 Å². The summed E-state index contributed by atoms with van der Waals surface area (Å²) >= 11 is 0. The Morgan fingerprint density at radius 1 is 0.783 bits per heavy atom. The highest BCUT2D eigenvalue weighted by Crippen LogP contribution is 2.23. The van der Waals surface area contributed by atoms with Crippen molar-refractivity contribution in [3.8, 4) is 0 Å². The average Bonchev–Trinajstić information content (AvgIpc) is 2.56. The number of anilines is 1. The van der Waals surface area contributed by atoms with Crippen LogP contribution in [0.3, 0.4) is 0 Å².